The Morgan fingerprint density at radius 1 is 1.00 bits per heavy atom. The summed E-state index contributed by atoms with van der Waals surface area (Å²) in [5.74, 6) is 5.36. The number of hydrogen-bond donors (Lipinski definition) is 1. The number of carbonyl (C=O) groups excluding carboxylic acids is 1. The summed E-state index contributed by atoms with van der Waals surface area (Å²) in [4.78, 5) is 13.2. The van der Waals surface area contributed by atoms with Gasteiger partial charge in [0, 0.05) is 5.56 Å². The van der Waals surface area contributed by atoms with Gasteiger partial charge in [-0.15, -0.1) is 11.3 Å². The van der Waals surface area contributed by atoms with Crippen molar-refractivity contribution in [2.45, 2.75) is 24.5 Å². The van der Waals surface area contributed by atoms with E-state index in [0.29, 0.717) is 10.6 Å². The maximum absolute atomic E-state index is 12.7. The molecule has 1 N–H and O–H groups in total. The van der Waals surface area contributed by atoms with Crippen LogP contribution in [0.4, 0.5) is 0 Å². The summed E-state index contributed by atoms with van der Waals surface area (Å²) >= 11 is 1.02. The molecule has 0 aliphatic carbocycles. The molecule has 0 aliphatic rings. The lowest BCUT2D eigenvalue weighted by Gasteiger charge is -2.08. The Morgan fingerprint density at radius 2 is 1.73 bits per heavy atom. The number of aryl methyl sites for hydroxylation is 2. The predicted molar refractivity (Wildman–Crippen MR) is 129 cm³/mol. The van der Waals surface area contributed by atoms with Gasteiger partial charge in [-0.1, -0.05) is 47.7 Å². The van der Waals surface area contributed by atoms with Crippen molar-refractivity contribution in [1.29, 1.82) is 0 Å². The van der Waals surface area contributed by atoms with Crippen molar-refractivity contribution in [2.24, 2.45) is 0 Å². The van der Waals surface area contributed by atoms with E-state index in [2.05, 4.69) is 21.7 Å². The minimum absolute atomic E-state index is 0.0387. The SMILES string of the molecule is Cc1ccc(C#Cc2ccc(S(=O)(=O)NC(=O)Cc3cc(C)nn3-c3ccccc3)s2)cc1. The average Bonchev–Trinajstić information content (AvgIpc) is 3.41. The predicted octanol–water partition coefficient (Wildman–Crippen LogP) is 4.00. The molecule has 4 rings (SSSR count). The Morgan fingerprint density at radius 3 is 2.45 bits per heavy atom. The van der Waals surface area contributed by atoms with E-state index >= 15 is 0 Å². The highest BCUT2D eigenvalue weighted by atomic mass is 32.2. The van der Waals surface area contributed by atoms with Crippen molar-refractivity contribution in [3.63, 3.8) is 0 Å². The quantitative estimate of drug-likeness (QED) is 0.443. The van der Waals surface area contributed by atoms with Gasteiger partial charge < -0.3 is 0 Å². The van der Waals surface area contributed by atoms with Gasteiger partial charge in [0.05, 0.1) is 28.4 Å². The summed E-state index contributed by atoms with van der Waals surface area (Å²) in [5.41, 5.74) is 4.12. The summed E-state index contributed by atoms with van der Waals surface area (Å²) in [6, 6.07) is 22.0. The molecule has 0 saturated carbocycles. The fourth-order valence-corrected chi connectivity index (χ4v) is 5.32. The number of sulfonamides is 1. The first-order valence-electron chi connectivity index (χ1n) is 10.2. The third-order valence-electron chi connectivity index (χ3n) is 4.72. The molecule has 1 amide bonds. The minimum atomic E-state index is -4.00. The first kappa shape index (κ1) is 22.5. The molecule has 0 spiro atoms. The zero-order valence-corrected chi connectivity index (χ0v) is 19.7. The topological polar surface area (TPSA) is 81.1 Å². The summed E-state index contributed by atoms with van der Waals surface area (Å²) in [6.45, 7) is 3.82. The molecule has 2 heterocycles. The van der Waals surface area contributed by atoms with E-state index in [9.17, 15) is 13.2 Å². The molecule has 2 aromatic heterocycles. The van der Waals surface area contributed by atoms with Crippen LogP contribution >= 0.6 is 11.3 Å². The molecular weight excluding hydrogens is 454 g/mol. The summed E-state index contributed by atoms with van der Waals surface area (Å²) < 4.78 is 29.3. The van der Waals surface area contributed by atoms with E-state index in [1.54, 1.807) is 16.8 Å². The van der Waals surface area contributed by atoms with Crippen LogP contribution in [0.3, 0.4) is 0 Å². The van der Waals surface area contributed by atoms with E-state index < -0.39 is 15.9 Å². The van der Waals surface area contributed by atoms with Crippen molar-refractivity contribution >= 4 is 27.3 Å². The van der Waals surface area contributed by atoms with Gasteiger partial charge in [0.15, 0.2) is 0 Å². The molecule has 6 nitrogen and oxygen atoms in total. The van der Waals surface area contributed by atoms with Crippen LogP contribution in [0.2, 0.25) is 0 Å². The average molecular weight is 476 g/mol. The molecule has 0 radical (unpaired) electrons. The number of rotatable bonds is 5. The number of aromatic nitrogens is 2. The van der Waals surface area contributed by atoms with Gasteiger partial charge in [-0.25, -0.2) is 17.8 Å². The number of thiophene rings is 1. The number of hydrogen-bond acceptors (Lipinski definition) is 5. The summed E-state index contributed by atoms with van der Waals surface area (Å²) in [5, 5.41) is 4.42. The molecule has 0 saturated heterocycles. The molecule has 8 heteroatoms. The number of nitrogens with one attached hydrogen (secondary N) is 1. The Kier molecular flexibility index (Phi) is 6.45. The van der Waals surface area contributed by atoms with Gasteiger partial charge in [-0.2, -0.15) is 5.10 Å². The van der Waals surface area contributed by atoms with E-state index in [1.165, 1.54) is 6.07 Å². The first-order valence-corrected chi connectivity index (χ1v) is 12.5. The van der Waals surface area contributed by atoms with Crippen LogP contribution in [0.15, 0.2) is 77.0 Å². The molecule has 0 bridgehead atoms. The molecule has 2 aromatic carbocycles. The van der Waals surface area contributed by atoms with Gasteiger partial charge in [-0.3, -0.25) is 4.79 Å². The zero-order valence-electron chi connectivity index (χ0n) is 18.1. The molecule has 4 aromatic rings. The second-order valence-electron chi connectivity index (χ2n) is 7.46. The van der Waals surface area contributed by atoms with Gasteiger partial charge >= 0.3 is 0 Å². The number of para-hydroxylation sites is 1. The fourth-order valence-electron chi connectivity index (χ4n) is 3.17. The molecule has 0 fully saturated rings. The monoisotopic (exact) mass is 475 g/mol. The second-order valence-corrected chi connectivity index (χ2v) is 10.5. The maximum atomic E-state index is 12.7. The number of carbonyl (C=O) groups is 1. The second kappa shape index (κ2) is 9.45. The highest BCUT2D eigenvalue weighted by Crippen LogP contribution is 2.21. The largest absolute Gasteiger partial charge is 0.274 e. The van der Waals surface area contributed by atoms with Crippen LogP contribution < -0.4 is 4.72 Å². The van der Waals surface area contributed by atoms with E-state index in [4.69, 9.17) is 0 Å². The fraction of sp³-hybridized carbons (Fsp3) is 0.120. The highest BCUT2D eigenvalue weighted by molar-refractivity contribution is 7.92. The number of benzene rings is 2. The third kappa shape index (κ3) is 5.58. The lowest BCUT2D eigenvalue weighted by molar-refractivity contribution is -0.118. The molecule has 0 unspecified atom stereocenters. The molecular formula is C25H21N3O3S2. The smallest absolute Gasteiger partial charge is 0.273 e. The third-order valence-corrected chi connectivity index (χ3v) is 7.59. The van der Waals surface area contributed by atoms with E-state index in [1.807, 2.05) is 68.4 Å². The van der Waals surface area contributed by atoms with Crippen LogP contribution in [0, 0.1) is 25.7 Å². The van der Waals surface area contributed by atoms with Crippen LogP contribution in [0.5, 0.6) is 0 Å². The number of amides is 1. The lowest BCUT2D eigenvalue weighted by Crippen LogP contribution is -2.31. The van der Waals surface area contributed by atoms with Crippen LogP contribution in [-0.4, -0.2) is 24.1 Å². The van der Waals surface area contributed by atoms with Crippen molar-refractivity contribution in [1.82, 2.24) is 14.5 Å². The minimum Gasteiger partial charge on any atom is -0.274 e. The van der Waals surface area contributed by atoms with Gasteiger partial charge in [0.2, 0.25) is 5.91 Å². The Bertz CT molecular complexity index is 1460. The van der Waals surface area contributed by atoms with Crippen molar-refractivity contribution in [2.75, 3.05) is 0 Å². The van der Waals surface area contributed by atoms with Crippen molar-refractivity contribution < 1.29 is 13.2 Å². The first-order chi connectivity index (χ1) is 15.8. The number of nitrogens with zero attached hydrogens (tertiary/aromatic N) is 2. The molecule has 0 aliphatic heterocycles. The van der Waals surface area contributed by atoms with Gasteiger partial charge in [0.1, 0.15) is 4.21 Å². The Labute approximate surface area is 197 Å². The molecule has 33 heavy (non-hydrogen) atoms. The van der Waals surface area contributed by atoms with Crippen LogP contribution in [0.25, 0.3) is 5.69 Å². The van der Waals surface area contributed by atoms with Crippen molar-refractivity contribution in [3.8, 4) is 17.5 Å². The normalized spacial score (nSPS) is 11.0. The lowest BCUT2D eigenvalue weighted by atomic mass is 10.1. The van der Waals surface area contributed by atoms with Crippen LogP contribution in [-0.2, 0) is 21.2 Å². The van der Waals surface area contributed by atoms with Crippen molar-refractivity contribution in [3.05, 3.63) is 100 Å². The van der Waals surface area contributed by atoms with Crippen LogP contribution in [0.1, 0.15) is 27.4 Å². The van der Waals surface area contributed by atoms with E-state index in [0.717, 1.165) is 33.8 Å². The summed E-state index contributed by atoms with van der Waals surface area (Å²) in [7, 11) is -4.00. The standard InChI is InChI=1S/C25H21N3O3S2/c1-18-8-10-20(11-9-18)12-13-23-14-15-25(32-23)33(30,31)27-24(29)17-22-16-19(2)26-28(22)21-6-4-3-5-7-21/h3-11,14-16H,17H2,1-2H3,(H,27,29). The Balaban J connectivity index is 1.47. The summed E-state index contributed by atoms with van der Waals surface area (Å²) in [6.07, 6.45) is -0.125. The zero-order chi connectivity index (χ0) is 23.4. The van der Waals surface area contributed by atoms with Gasteiger partial charge in [0.25, 0.3) is 10.0 Å². The maximum Gasteiger partial charge on any atom is 0.273 e. The van der Waals surface area contributed by atoms with E-state index in [-0.39, 0.29) is 10.6 Å². The van der Waals surface area contributed by atoms with Gasteiger partial charge in [-0.05, 0) is 56.3 Å². The Hall–Kier alpha value is -3.67. The molecule has 0 atom stereocenters. The molecule has 166 valence electrons. The highest BCUT2D eigenvalue weighted by Gasteiger charge is 2.21.